The van der Waals surface area contributed by atoms with Crippen molar-refractivity contribution in [3.8, 4) is 0 Å². The highest BCUT2D eigenvalue weighted by Gasteiger charge is 2.35. The molecule has 2 aromatic rings. The van der Waals surface area contributed by atoms with Crippen molar-refractivity contribution in [2.24, 2.45) is 0 Å². The summed E-state index contributed by atoms with van der Waals surface area (Å²) >= 11 is 12.9. The molecule has 3 heterocycles. The molecule has 5 nitrogen and oxygen atoms in total. The van der Waals surface area contributed by atoms with E-state index in [2.05, 4.69) is 5.10 Å². The van der Waals surface area contributed by atoms with Crippen LogP contribution in [0.3, 0.4) is 0 Å². The van der Waals surface area contributed by atoms with Gasteiger partial charge in [0.15, 0.2) is 0 Å². The van der Waals surface area contributed by atoms with Gasteiger partial charge in [0.2, 0.25) is 10.0 Å². The zero-order valence-corrected chi connectivity index (χ0v) is 14.3. The van der Waals surface area contributed by atoms with E-state index in [1.807, 2.05) is 17.8 Å². The van der Waals surface area contributed by atoms with Crippen LogP contribution in [0.5, 0.6) is 0 Å². The van der Waals surface area contributed by atoms with Crippen molar-refractivity contribution in [3.63, 3.8) is 0 Å². The van der Waals surface area contributed by atoms with Crippen molar-refractivity contribution in [1.82, 2.24) is 14.1 Å². The molecule has 1 aliphatic heterocycles. The second-order valence-electron chi connectivity index (χ2n) is 4.99. The lowest BCUT2D eigenvalue weighted by atomic mass is 10.3. The summed E-state index contributed by atoms with van der Waals surface area (Å²) < 4.78 is 29.1. The Labute approximate surface area is 137 Å². The van der Waals surface area contributed by atoms with E-state index in [-0.39, 0.29) is 15.3 Å². The number of halogens is 2. The lowest BCUT2D eigenvalue weighted by molar-refractivity contribution is 0.434. The van der Waals surface area contributed by atoms with E-state index in [0.29, 0.717) is 17.4 Å². The Morgan fingerprint density at radius 3 is 2.76 bits per heavy atom. The van der Waals surface area contributed by atoms with E-state index in [0.717, 1.165) is 23.3 Å². The van der Waals surface area contributed by atoms with E-state index in [4.69, 9.17) is 23.2 Å². The number of sulfonamides is 1. The highest BCUT2D eigenvalue weighted by Crippen LogP contribution is 2.37. The Balaban J connectivity index is 1.84. The molecule has 0 aliphatic carbocycles. The molecule has 1 aliphatic rings. The first-order valence-electron chi connectivity index (χ1n) is 6.33. The molecule has 0 bridgehead atoms. The second kappa shape index (κ2) is 5.55. The number of nitrogens with zero attached hydrogens (tertiary/aromatic N) is 3. The Kier molecular flexibility index (Phi) is 4.04. The highest BCUT2D eigenvalue weighted by molar-refractivity contribution is 7.89. The molecule has 2 aromatic heterocycles. The molecular formula is C12H13Cl2N3O2S2. The quantitative estimate of drug-likeness (QED) is 0.838. The molecule has 1 atom stereocenters. The number of aromatic nitrogens is 2. The molecule has 3 rings (SSSR count). The average molecular weight is 366 g/mol. The van der Waals surface area contributed by atoms with Gasteiger partial charge in [-0.25, -0.2) is 8.42 Å². The van der Waals surface area contributed by atoms with Crippen molar-refractivity contribution in [2.45, 2.75) is 24.3 Å². The standard InChI is InChI=1S/C12H13Cl2N3O2S2/c1-8-5-15-17(6-8)9-2-3-16(7-9)21(18,19)10-4-11(13)20-12(10)14/h4-6,9H,2-3,7H2,1H3. The first-order chi connectivity index (χ1) is 9.88. The molecule has 9 heteroatoms. The van der Waals surface area contributed by atoms with Crippen LogP contribution in [0.1, 0.15) is 18.0 Å². The Bertz CT molecular complexity index is 769. The SMILES string of the molecule is Cc1cnn(C2CCN(S(=O)(=O)c3cc(Cl)sc3Cl)C2)c1. The van der Waals surface area contributed by atoms with Crippen LogP contribution in [0.4, 0.5) is 0 Å². The fourth-order valence-corrected chi connectivity index (χ4v) is 6.02. The largest absolute Gasteiger partial charge is 0.268 e. The van der Waals surface area contributed by atoms with Crippen LogP contribution in [-0.2, 0) is 10.0 Å². The van der Waals surface area contributed by atoms with Gasteiger partial charge in [0.05, 0.1) is 16.6 Å². The van der Waals surface area contributed by atoms with Gasteiger partial charge >= 0.3 is 0 Å². The van der Waals surface area contributed by atoms with Crippen LogP contribution in [0, 0.1) is 6.92 Å². The lowest BCUT2D eigenvalue weighted by Gasteiger charge is -2.16. The molecule has 1 saturated heterocycles. The van der Waals surface area contributed by atoms with Crippen molar-refractivity contribution >= 4 is 44.6 Å². The molecule has 0 N–H and O–H groups in total. The second-order valence-corrected chi connectivity index (χ2v) is 9.18. The molecule has 0 aromatic carbocycles. The summed E-state index contributed by atoms with van der Waals surface area (Å²) in [7, 11) is -3.60. The van der Waals surface area contributed by atoms with Gasteiger partial charge in [-0.1, -0.05) is 23.2 Å². The summed E-state index contributed by atoms with van der Waals surface area (Å²) in [4.78, 5) is 0.0939. The number of rotatable bonds is 3. The minimum atomic E-state index is -3.60. The van der Waals surface area contributed by atoms with Gasteiger partial charge in [-0.05, 0) is 25.0 Å². The van der Waals surface area contributed by atoms with Gasteiger partial charge in [-0.15, -0.1) is 11.3 Å². The molecular weight excluding hydrogens is 353 g/mol. The summed E-state index contributed by atoms with van der Waals surface area (Å²) in [5.74, 6) is 0. The van der Waals surface area contributed by atoms with Crippen LogP contribution in [0.15, 0.2) is 23.4 Å². The van der Waals surface area contributed by atoms with Gasteiger partial charge in [0, 0.05) is 19.3 Å². The third-order valence-electron chi connectivity index (χ3n) is 3.47. The maximum absolute atomic E-state index is 12.6. The molecule has 21 heavy (non-hydrogen) atoms. The monoisotopic (exact) mass is 365 g/mol. The van der Waals surface area contributed by atoms with Gasteiger partial charge in [-0.3, -0.25) is 4.68 Å². The van der Waals surface area contributed by atoms with E-state index in [1.165, 1.54) is 10.4 Å². The number of aryl methyl sites for hydroxylation is 1. The average Bonchev–Trinajstić information content (AvgIpc) is 3.08. The van der Waals surface area contributed by atoms with Crippen LogP contribution in [0.2, 0.25) is 8.67 Å². The van der Waals surface area contributed by atoms with Gasteiger partial charge in [0.25, 0.3) is 0 Å². The highest BCUT2D eigenvalue weighted by atomic mass is 35.5. The molecule has 0 spiro atoms. The molecule has 0 amide bonds. The molecule has 0 saturated carbocycles. The molecule has 1 unspecified atom stereocenters. The zero-order valence-electron chi connectivity index (χ0n) is 11.2. The summed E-state index contributed by atoms with van der Waals surface area (Å²) in [5.41, 5.74) is 1.06. The van der Waals surface area contributed by atoms with Crippen LogP contribution < -0.4 is 0 Å². The van der Waals surface area contributed by atoms with E-state index in [9.17, 15) is 8.42 Å². The minimum absolute atomic E-state index is 0.0568. The van der Waals surface area contributed by atoms with Gasteiger partial charge in [-0.2, -0.15) is 9.40 Å². The van der Waals surface area contributed by atoms with E-state index >= 15 is 0 Å². The zero-order chi connectivity index (χ0) is 15.2. The summed E-state index contributed by atoms with van der Waals surface area (Å²) in [5, 5.41) is 4.26. The Morgan fingerprint density at radius 1 is 1.43 bits per heavy atom. The van der Waals surface area contributed by atoms with E-state index in [1.54, 1.807) is 6.20 Å². The van der Waals surface area contributed by atoms with Crippen molar-refractivity contribution in [3.05, 3.63) is 32.7 Å². The third-order valence-corrected chi connectivity index (χ3v) is 7.09. The maximum Gasteiger partial charge on any atom is 0.245 e. The van der Waals surface area contributed by atoms with Crippen LogP contribution >= 0.6 is 34.5 Å². The van der Waals surface area contributed by atoms with Crippen molar-refractivity contribution in [1.29, 1.82) is 0 Å². The van der Waals surface area contributed by atoms with Crippen molar-refractivity contribution in [2.75, 3.05) is 13.1 Å². The topological polar surface area (TPSA) is 55.2 Å². The molecule has 0 radical (unpaired) electrons. The third kappa shape index (κ3) is 2.85. The summed E-state index contributed by atoms with van der Waals surface area (Å²) in [6.45, 7) is 2.81. The number of hydrogen-bond donors (Lipinski definition) is 0. The Hall–Kier alpha value is -0.600. The predicted molar refractivity (Wildman–Crippen MR) is 83.7 cm³/mol. The van der Waals surface area contributed by atoms with Crippen molar-refractivity contribution < 1.29 is 8.42 Å². The lowest BCUT2D eigenvalue weighted by Crippen LogP contribution is -2.29. The first-order valence-corrected chi connectivity index (χ1v) is 9.35. The minimum Gasteiger partial charge on any atom is -0.268 e. The normalized spacial score (nSPS) is 20.2. The van der Waals surface area contributed by atoms with Crippen LogP contribution in [0.25, 0.3) is 0 Å². The number of thiophene rings is 1. The Morgan fingerprint density at radius 2 is 2.19 bits per heavy atom. The fraction of sp³-hybridized carbons (Fsp3) is 0.417. The predicted octanol–water partition coefficient (Wildman–Crippen LogP) is 3.20. The number of hydrogen-bond acceptors (Lipinski definition) is 4. The van der Waals surface area contributed by atoms with E-state index < -0.39 is 10.0 Å². The first kappa shape index (κ1) is 15.3. The molecule has 114 valence electrons. The molecule has 1 fully saturated rings. The summed E-state index contributed by atoms with van der Waals surface area (Å²) in [6, 6.07) is 1.47. The van der Waals surface area contributed by atoms with Crippen LogP contribution in [-0.4, -0.2) is 35.6 Å². The smallest absolute Gasteiger partial charge is 0.245 e. The maximum atomic E-state index is 12.6. The van der Waals surface area contributed by atoms with Gasteiger partial charge < -0.3 is 0 Å². The van der Waals surface area contributed by atoms with Gasteiger partial charge in [0.1, 0.15) is 9.23 Å². The summed E-state index contributed by atoms with van der Waals surface area (Å²) in [6.07, 6.45) is 4.43. The fourth-order valence-electron chi connectivity index (χ4n) is 2.42.